The Balaban J connectivity index is 2.83. The van der Waals surface area contributed by atoms with Crippen LogP contribution in [-0.2, 0) is 19.1 Å². The van der Waals surface area contributed by atoms with E-state index in [0.29, 0.717) is 11.3 Å². The molecule has 1 heterocycles. The van der Waals surface area contributed by atoms with Crippen molar-refractivity contribution in [2.75, 3.05) is 6.54 Å². The molecule has 1 aromatic carbocycles. The number of hydrogen-bond acceptors (Lipinski definition) is 5. The SMILES string of the molecule is CCN1C(C)=C(C(=O)OC(C)C)[C@@H](c2ccccc2)C(C(=O)O)=C1C(=O)O. The van der Waals surface area contributed by atoms with Gasteiger partial charge in [-0.3, -0.25) is 0 Å². The number of carboxylic acid groups (broad SMARTS) is 2. The Morgan fingerprint density at radius 3 is 2.11 bits per heavy atom. The van der Waals surface area contributed by atoms with E-state index in [1.165, 1.54) is 4.90 Å². The van der Waals surface area contributed by atoms with Crippen LogP contribution < -0.4 is 0 Å². The predicted octanol–water partition coefficient (Wildman–Crippen LogP) is 2.75. The van der Waals surface area contributed by atoms with Gasteiger partial charge in [0.25, 0.3) is 0 Å². The molecular formula is C20H23NO6. The molecule has 0 saturated carbocycles. The van der Waals surface area contributed by atoms with E-state index in [9.17, 15) is 24.6 Å². The molecule has 27 heavy (non-hydrogen) atoms. The van der Waals surface area contributed by atoms with Gasteiger partial charge in [0.15, 0.2) is 0 Å². The first-order valence-corrected chi connectivity index (χ1v) is 8.65. The molecule has 0 fully saturated rings. The summed E-state index contributed by atoms with van der Waals surface area (Å²) in [6.07, 6.45) is -0.401. The highest BCUT2D eigenvalue weighted by molar-refractivity contribution is 6.05. The van der Waals surface area contributed by atoms with Gasteiger partial charge < -0.3 is 19.8 Å². The second-order valence-electron chi connectivity index (χ2n) is 6.41. The van der Waals surface area contributed by atoms with Crippen LogP contribution in [0, 0.1) is 0 Å². The lowest BCUT2D eigenvalue weighted by Gasteiger charge is -2.36. The Bertz CT molecular complexity index is 822. The number of likely N-dealkylation sites (N-methyl/N-ethyl adjacent to an activating group) is 1. The van der Waals surface area contributed by atoms with Crippen LogP contribution in [0.25, 0.3) is 0 Å². The predicted molar refractivity (Wildman–Crippen MR) is 97.8 cm³/mol. The fourth-order valence-electron chi connectivity index (χ4n) is 3.32. The van der Waals surface area contributed by atoms with E-state index in [-0.39, 0.29) is 23.4 Å². The topological polar surface area (TPSA) is 104 Å². The molecule has 1 aliphatic rings. The minimum absolute atomic E-state index is 0.138. The molecule has 1 aliphatic heterocycles. The van der Waals surface area contributed by atoms with Crippen molar-refractivity contribution in [2.24, 2.45) is 0 Å². The zero-order chi connectivity index (χ0) is 20.3. The van der Waals surface area contributed by atoms with Gasteiger partial charge in [-0.1, -0.05) is 30.3 Å². The number of aliphatic carboxylic acids is 2. The molecule has 7 heteroatoms. The number of carboxylic acids is 2. The third-order valence-electron chi connectivity index (χ3n) is 4.34. The molecule has 1 atom stereocenters. The highest BCUT2D eigenvalue weighted by Crippen LogP contribution is 2.42. The lowest BCUT2D eigenvalue weighted by atomic mass is 9.79. The van der Waals surface area contributed by atoms with Crippen LogP contribution in [-0.4, -0.2) is 45.7 Å². The Hall–Kier alpha value is -3.09. The lowest BCUT2D eigenvalue weighted by molar-refractivity contribution is -0.143. The van der Waals surface area contributed by atoms with E-state index in [0.717, 1.165) is 0 Å². The molecule has 0 bridgehead atoms. The first-order chi connectivity index (χ1) is 12.7. The third-order valence-corrected chi connectivity index (χ3v) is 4.34. The summed E-state index contributed by atoms with van der Waals surface area (Å²) in [7, 11) is 0. The molecule has 7 nitrogen and oxygen atoms in total. The minimum Gasteiger partial charge on any atom is -0.478 e. The molecule has 0 radical (unpaired) electrons. The molecule has 0 aliphatic carbocycles. The molecular weight excluding hydrogens is 350 g/mol. The zero-order valence-corrected chi connectivity index (χ0v) is 15.7. The van der Waals surface area contributed by atoms with E-state index in [4.69, 9.17) is 4.74 Å². The Morgan fingerprint density at radius 1 is 1.07 bits per heavy atom. The van der Waals surface area contributed by atoms with E-state index in [2.05, 4.69) is 0 Å². The zero-order valence-electron chi connectivity index (χ0n) is 15.7. The number of carbonyl (C=O) groups is 3. The fourth-order valence-corrected chi connectivity index (χ4v) is 3.32. The standard InChI is InChI=1S/C20H23NO6/c1-5-21-12(4)14(20(26)27-11(2)3)15(13-9-7-6-8-10-13)16(18(22)23)17(21)19(24)25/h6-11,15H,5H2,1-4H3,(H,22,23)(H,24,25)/t15-/m1/s1. The summed E-state index contributed by atoms with van der Waals surface area (Å²) in [5.74, 6) is -4.44. The molecule has 2 N–H and O–H groups in total. The van der Waals surface area contributed by atoms with E-state index in [1.54, 1.807) is 58.0 Å². The lowest BCUT2D eigenvalue weighted by Crippen LogP contribution is -2.38. The highest BCUT2D eigenvalue weighted by atomic mass is 16.5. The molecule has 2 rings (SSSR count). The Labute approximate surface area is 157 Å². The number of ether oxygens (including phenoxy) is 1. The van der Waals surface area contributed by atoms with E-state index in [1.807, 2.05) is 0 Å². The molecule has 0 spiro atoms. The molecule has 0 unspecified atom stereocenters. The second-order valence-corrected chi connectivity index (χ2v) is 6.41. The van der Waals surface area contributed by atoms with Crippen LogP contribution in [0.5, 0.6) is 0 Å². The minimum atomic E-state index is -1.39. The monoisotopic (exact) mass is 373 g/mol. The molecule has 0 aromatic heterocycles. The van der Waals surface area contributed by atoms with Crippen LogP contribution in [0.4, 0.5) is 0 Å². The van der Waals surface area contributed by atoms with Crippen LogP contribution >= 0.6 is 0 Å². The van der Waals surface area contributed by atoms with Gasteiger partial charge in [-0.05, 0) is 33.3 Å². The average molecular weight is 373 g/mol. The van der Waals surface area contributed by atoms with Crippen LogP contribution in [0.2, 0.25) is 0 Å². The van der Waals surface area contributed by atoms with Gasteiger partial charge in [0, 0.05) is 12.2 Å². The van der Waals surface area contributed by atoms with Crippen LogP contribution in [0.15, 0.2) is 52.9 Å². The molecule has 0 saturated heterocycles. The highest BCUT2D eigenvalue weighted by Gasteiger charge is 2.43. The summed E-state index contributed by atoms with van der Waals surface area (Å²) in [6, 6.07) is 8.52. The van der Waals surface area contributed by atoms with Gasteiger partial charge in [-0.25, -0.2) is 14.4 Å². The van der Waals surface area contributed by atoms with E-state index >= 15 is 0 Å². The quantitative estimate of drug-likeness (QED) is 0.739. The Kier molecular flexibility index (Phi) is 6.05. The number of benzene rings is 1. The normalized spacial score (nSPS) is 17.4. The first kappa shape index (κ1) is 20.2. The smallest absolute Gasteiger partial charge is 0.353 e. The first-order valence-electron chi connectivity index (χ1n) is 8.65. The largest absolute Gasteiger partial charge is 0.478 e. The van der Waals surface area contributed by atoms with Gasteiger partial charge in [-0.2, -0.15) is 0 Å². The van der Waals surface area contributed by atoms with Gasteiger partial charge >= 0.3 is 17.9 Å². The van der Waals surface area contributed by atoms with E-state index < -0.39 is 29.9 Å². The van der Waals surface area contributed by atoms with Crippen molar-refractivity contribution >= 4 is 17.9 Å². The maximum atomic E-state index is 12.8. The van der Waals surface area contributed by atoms with Gasteiger partial charge in [0.05, 0.1) is 23.2 Å². The second kappa shape index (κ2) is 8.07. The number of esters is 1. The van der Waals surface area contributed by atoms with Crippen molar-refractivity contribution in [3.05, 3.63) is 58.4 Å². The molecule has 1 aromatic rings. The van der Waals surface area contributed by atoms with Gasteiger partial charge in [0.1, 0.15) is 5.70 Å². The molecule has 144 valence electrons. The van der Waals surface area contributed by atoms with Gasteiger partial charge in [-0.15, -0.1) is 0 Å². The average Bonchev–Trinajstić information content (AvgIpc) is 2.60. The van der Waals surface area contributed by atoms with Gasteiger partial charge in [0.2, 0.25) is 0 Å². The van der Waals surface area contributed by atoms with Crippen molar-refractivity contribution in [3.8, 4) is 0 Å². The third kappa shape index (κ3) is 3.86. The number of nitrogens with zero attached hydrogens (tertiary/aromatic N) is 1. The number of allylic oxidation sites excluding steroid dienone is 1. The summed E-state index contributed by atoms with van der Waals surface area (Å²) in [4.78, 5) is 38.2. The van der Waals surface area contributed by atoms with Crippen molar-refractivity contribution < 1.29 is 29.3 Å². The number of hydrogen-bond donors (Lipinski definition) is 2. The van der Waals surface area contributed by atoms with Crippen molar-refractivity contribution in [3.63, 3.8) is 0 Å². The maximum absolute atomic E-state index is 12.8. The van der Waals surface area contributed by atoms with Crippen LogP contribution in [0.1, 0.15) is 39.2 Å². The van der Waals surface area contributed by atoms with Crippen LogP contribution in [0.3, 0.4) is 0 Å². The summed E-state index contributed by atoms with van der Waals surface area (Å²) in [5.41, 5.74) is 0.340. The summed E-state index contributed by atoms with van der Waals surface area (Å²) < 4.78 is 5.34. The summed E-state index contributed by atoms with van der Waals surface area (Å²) >= 11 is 0. The summed E-state index contributed by atoms with van der Waals surface area (Å²) in [5, 5.41) is 19.6. The van der Waals surface area contributed by atoms with Crippen molar-refractivity contribution in [1.29, 1.82) is 0 Å². The summed E-state index contributed by atoms with van der Waals surface area (Å²) in [6.45, 7) is 6.90. The number of rotatable bonds is 6. The van der Waals surface area contributed by atoms with Crippen molar-refractivity contribution in [2.45, 2.75) is 39.7 Å². The number of carbonyl (C=O) groups excluding carboxylic acids is 1. The fraction of sp³-hybridized carbons (Fsp3) is 0.350. The molecule has 0 amide bonds. The van der Waals surface area contributed by atoms with Crippen molar-refractivity contribution in [1.82, 2.24) is 4.90 Å². The maximum Gasteiger partial charge on any atom is 0.353 e. The Morgan fingerprint density at radius 2 is 1.67 bits per heavy atom.